The van der Waals surface area contributed by atoms with Crippen molar-refractivity contribution in [2.75, 3.05) is 19.8 Å². The second-order valence-electron chi connectivity index (χ2n) is 7.33. The number of benzene rings is 1. The van der Waals surface area contributed by atoms with Gasteiger partial charge in [-0.3, -0.25) is 19.3 Å². The van der Waals surface area contributed by atoms with E-state index in [4.69, 9.17) is 9.47 Å². The highest BCUT2D eigenvalue weighted by molar-refractivity contribution is 8.18. The zero-order valence-electron chi connectivity index (χ0n) is 18.4. The summed E-state index contributed by atoms with van der Waals surface area (Å²) in [6.45, 7) is 12.1. The minimum absolute atomic E-state index is 0.0196. The highest BCUT2D eigenvalue weighted by Crippen LogP contribution is 2.34. The largest absolute Gasteiger partial charge is 0.490 e. The number of thioether (sulfide) groups is 1. The summed E-state index contributed by atoms with van der Waals surface area (Å²) in [6, 6.07) is 5.30. The molecule has 1 aliphatic heterocycles. The van der Waals surface area contributed by atoms with Crippen LogP contribution in [0.25, 0.3) is 6.08 Å². The van der Waals surface area contributed by atoms with E-state index >= 15 is 0 Å². The summed E-state index contributed by atoms with van der Waals surface area (Å²) in [6.07, 6.45) is 1.64. The average molecular weight is 435 g/mol. The van der Waals surface area contributed by atoms with E-state index < -0.39 is 11.1 Å². The van der Waals surface area contributed by atoms with Gasteiger partial charge in [-0.25, -0.2) is 0 Å². The Balaban J connectivity index is 2.22. The maximum absolute atomic E-state index is 12.8. The highest BCUT2D eigenvalue weighted by atomic mass is 32.2. The van der Waals surface area contributed by atoms with Crippen LogP contribution >= 0.6 is 11.8 Å². The number of imide groups is 1. The lowest BCUT2D eigenvalue weighted by Crippen LogP contribution is -2.48. The maximum Gasteiger partial charge on any atom is 0.294 e. The van der Waals surface area contributed by atoms with Crippen molar-refractivity contribution in [3.8, 4) is 11.5 Å². The predicted octanol–water partition coefficient (Wildman–Crippen LogP) is 4.17. The molecule has 0 radical (unpaired) electrons. The quantitative estimate of drug-likeness (QED) is 0.543. The summed E-state index contributed by atoms with van der Waals surface area (Å²) in [5, 5.41) is -0.442. The van der Waals surface area contributed by atoms with Crippen LogP contribution in [0, 0.1) is 0 Å². The first-order valence-electron chi connectivity index (χ1n) is 10.2. The van der Waals surface area contributed by atoms with Gasteiger partial charge in [-0.1, -0.05) is 6.07 Å². The molecule has 3 amide bonds. The lowest BCUT2D eigenvalue weighted by atomic mass is 10.2. The third-order valence-corrected chi connectivity index (χ3v) is 5.34. The third kappa shape index (κ3) is 5.56. The molecule has 0 atom stereocenters. The van der Waals surface area contributed by atoms with E-state index in [2.05, 4.69) is 0 Å². The van der Waals surface area contributed by atoms with Crippen molar-refractivity contribution in [3.63, 3.8) is 0 Å². The number of hydrogen-bond donors (Lipinski definition) is 0. The van der Waals surface area contributed by atoms with Crippen molar-refractivity contribution in [1.82, 2.24) is 9.80 Å². The topological polar surface area (TPSA) is 76.2 Å². The summed E-state index contributed by atoms with van der Waals surface area (Å²) in [5.41, 5.74) is 0.713. The highest BCUT2D eigenvalue weighted by Gasteiger charge is 2.37. The number of ether oxygens (including phenoxy) is 2. The molecule has 1 aromatic carbocycles. The minimum atomic E-state index is -0.461. The van der Waals surface area contributed by atoms with Crippen LogP contribution in [0.2, 0.25) is 0 Å². The molecule has 8 heteroatoms. The lowest BCUT2D eigenvalue weighted by Gasteiger charge is -2.31. The van der Waals surface area contributed by atoms with Gasteiger partial charge in [0.15, 0.2) is 11.5 Å². The Morgan fingerprint density at radius 1 is 1.07 bits per heavy atom. The fourth-order valence-corrected chi connectivity index (χ4v) is 4.17. The Bertz CT molecular complexity index is 827. The molecular weight excluding hydrogens is 404 g/mol. The molecule has 0 bridgehead atoms. The van der Waals surface area contributed by atoms with E-state index in [1.54, 1.807) is 29.2 Å². The van der Waals surface area contributed by atoms with Gasteiger partial charge in [0.2, 0.25) is 5.91 Å². The van der Waals surface area contributed by atoms with Crippen LogP contribution in [0.3, 0.4) is 0 Å². The zero-order chi connectivity index (χ0) is 22.4. The van der Waals surface area contributed by atoms with Crippen LogP contribution < -0.4 is 9.47 Å². The van der Waals surface area contributed by atoms with Crippen LogP contribution in [-0.2, 0) is 9.59 Å². The summed E-state index contributed by atoms with van der Waals surface area (Å²) < 4.78 is 11.2. The van der Waals surface area contributed by atoms with Gasteiger partial charge < -0.3 is 14.4 Å². The molecular formula is C22H30N2O5S. The average Bonchev–Trinajstić information content (AvgIpc) is 2.91. The number of hydrogen-bond acceptors (Lipinski definition) is 6. The molecule has 1 aromatic rings. The second kappa shape index (κ2) is 10.5. The van der Waals surface area contributed by atoms with Crippen molar-refractivity contribution in [2.45, 2.75) is 53.6 Å². The molecule has 0 aromatic heterocycles. The SMILES string of the molecule is CCOc1ccc(/C=C2\SC(=O)N(CC(=O)N(C(C)C)C(C)C)C2=O)cc1OCC. The Labute approximate surface area is 182 Å². The number of nitrogens with zero attached hydrogens (tertiary/aromatic N) is 2. The molecule has 0 spiro atoms. The Hall–Kier alpha value is -2.48. The van der Waals surface area contributed by atoms with Crippen LogP contribution in [0.5, 0.6) is 11.5 Å². The third-order valence-electron chi connectivity index (χ3n) is 4.43. The summed E-state index contributed by atoms with van der Waals surface area (Å²) >= 11 is 0.837. The number of carbonyl (C=O) groups excluding carboxylic acids is 3. The fraction of sp³-hybridized carbons (Fsp3) is 0.500. The molecule has 30 heavy (non-hydrogen) atoms. The summed E-state index contributed by atoms with van der Waals surface area (Å²) in [7, 11) is 0. The Morgan fingerprint density at radius 3 is 2.23 bits per heavy atom. The van der Waals surface area contributed by atoms with Gasteiger partial charge in [0.1, 0.15) is 6.54 Å². The molecule has 0 saturated carbocycles. The van der Waals surface area contributed by atoms with Crippen LogP contribution in [0.4, 0.5) is 4.79 Å². The van der Waals surface area contributed by atoms with Crippen LogP contribution in [0.1, 0.15) is 47.1 Å². The molecule has 7 nitrogen and oxygen atoms in total. The lowest BCUT2D eigenvalue weighted by molar-refractivity contribution is -0.138. The molecule has 1 heterocycles. The molecule has 0 unspecified atom stereocenters. The molecule has 0 aliphatic carbocycles. The standard InChI is InChI=1S/C22H30N2O5S/c1-7-28-17-10-9-16(11-18(17)29-8-2)12-19-21(26)23(22(27)30-19)13-20(25)24(14(3)4)15(5)6/h9-12,14-15H,7-8,13H2,1-6H3/b19-12-. The molecule has 0 N–H and O–H groups in total. The van der Waals surface area contributed by atoms with Crippen molar-refractivity contribution < 1.29 is 23.9 Å². The van der Waals surface area contributed by atoms with Gasteiger partial charge in [-0.05, 0) is 77.1 Å². The van der Waals surface area contributed by atoms with E-state index in [-0.39, 0.29) is 29.4 Å². The first-order chi connectivity index (χ1) is 14.2. The smallest absolute Gasteiger partial charge is 0.294 e. The zero-order valence-corrected chi connectivity index (χ0v) is 19.2. The normalized spacial score (nSPS) is 15.5. The molecule has 1 saturated heterocycles. The second-order valence-corrected chi connectivity index (χ2v) is 8.32. The van der Waals surface area contributed by atoms with Crippen molar-refractivity contribution in [2.24, 2.45) is 0 Å². The predicted molar refractivity (Wildman–Crippen MR) is 119 cm³/mol. The monoisotopic (exact) mass is 434 g/mol. The summed E-state index contributed by atoms with van der Waals surface area (Å²) in [4.78, 5) is 40.8. The van der Waals surface area contributed by atoms with E-state index in [0.717, 1.165) is 16.7 Å². The van der Waals surface area contributed by atoms with E-state index in [1.807, 2.05) is 41.5 Å². The van der Waals surface area contributed by atoms with Gasteiger partial charge in [0.05, 0.1) is 18.1 Å². The molecule has 2 rings (SSSR count). The van der Waals surface area contributed by atoms with Gasteiger partial charge in [-0.2, -0.15) is 0 Å². The van der Waals surface area contributed by atoms with E-state index in [9.17, 15) is 14.4 Å². The number of rotatable bonds is 9. The molecule has 164 valence electrons. The van der Waals surface area contributed by atoms with Gasteiger partial charge in [-0.15, -0.1) is 0 Å². The van der Waals surface area contributed by atoms with Gasteiger partial charge in [0.25, 0.3) is 11.1 Å². The van der Waals surface area contributed by atoms with Crippen molar-refractivity contribution in [3.05, 3.63) is 28.7 Å². The van der Waals surface area contributed by atoms with Crippen molar-refractivity contribution in [1.29, 1.82) is 0 Å². The maximum atomic E-state index is 12.8. The van der Waals surface area contributed by atoms with Crippen LogP contribution in [-0.4, -0.2) is 58.7 Å². The first kappa shape index (κ1) is 23.8. The Morgan fingerprint density at radius 2 is 1.67 bits per heavy atom. The molecule has 1 fully saturated rings. The fourth-order valence-electron chi connectivity index (χ4n) is 3.33. The minimum Gasteiger partial charge on any atom is -0.490 e. The van der Waals surface area contributed by atoms with Gasteiger partial charge >= 0.3 is 0 Å². The molecule has 1 aliphatic rings. The van der Waals surface area contributed by atoms with E-state index in [0.29, 0.717) is 30.3 Å². The van der Waals surface area contributed by atoms with Crippen LogP contribution in [0.15, 0.2) is 23.1 Å². The number of amides is 3. The summed E-state index contributed by atoms with van der Waals surface area (Å²) in [5.74, 6) is 0.491. The first-order valence-corrected chi connectivity index (χ1v) is 11.0. The van der Waals surface area contributed by atoms with E-state index in [1.165, 1.54) is 0 Å². The van der Waals surface area contributed by atoms with Gasteiger partial charge in [0, 0.05) is 12.1 Å². The number of carbonyl (C=O) groups is 3. The Kier molecular flexibility index (Phi) is 8.34. The van der Waals surface area contributed by atoms with Crippen molar-refractivity contribution >= 4 is 34.9 Å².